The van der Waals surface area contributed by atoms with Crippen molar-refractivity contribution in [3.8, 4) is 0 Å². The predicted octanol–water partition coefficient (Wildman–Crippen LogP) is 2.88. The van der Waals surface area contributed by atoms with Crippen molar-refractivity contribution in [1.29, 1.82) is 0 Å². The first-order valence-electron chi connectivity index (χ1n) is 9.92. The number of benzene rings is 2. The van der Waals surface area contributed by atoms with Gasteiger partial charge in [-0.15, -0.1) is 0 Å². The van der Waals surface area contributed by atoms with Crippen LogP contribution in [0.1, 0.15) is 42.3 Å². The van der Waals surface area contributed by atoms with Crippen molar-refractivity contribution in [2.24, 2.45) is 0 Å². The van der Waals surface area contributed by atoms with Gasteiger partial charge in [-0.05, 0) is 63.9 Å². The number of amides is 3. The molecule has 0 aromatic heterocycles. The second-order valence-electron chi connectivity index (χ2n) is 7.58. The molecule has 0 aliphatic rings. The van der Waals surface area contributed by atoms with Crippen LogP contribution in [0.3, 0.4) is 0 Å². The molecule has 0 aliphatic heterocycles. The van der Waals surface area contributed by atoms with Gasteiger partial charge >= 0.3 is 12.0 Å². The monoisotopic (exact) mass is 461 g/mol. The normalized spacial score (nSPS) is 12.1. The first-order chi connectivity index (χ1) is 14.9. The molecule has 2 aromatic carbocycles. The minimum Gasteiger partial charge on any atom is -0.449 e. The van der Waals surface area contributed by atoms with Gasteiger partial charge in [0.1, 0.15) is 0 Å². The summed E-state index contributed by atoms with van der Waals surface area (Å²) < 4.78 is 33.4. The van der Waals surface area contributed by atoms with Crippen LogP contribution in [0.15, 0.2) is 47.4 Å². The van der Waals surface area contributed by atoms with Crippen LogP contribution in [0.5, 0.6) is 0 Å². The van der Waals surface area contributed by atoms with E-state index < -0.39 is 34.0 Å². The average Bonchev–Trinajstić information content (AvgIpc) is 2.69. The van der Waals surface area contributed by atoms with Gasteiger partial charge in [-0.1, -0.05) is 24.3 Å². The molecule has 10 heteroatoms. The molecule has 2 rings (SSSR count). The van der Waals surface area contributed by atoms with Crippen LogP contribution in [0.4, 0.5) is 10.5 Å². The molecule has 0 fully saturated rings. The highest BCUT2D eigenvalue weighted by molar-refractivity contribution is 7.92. The van der Waals surface area contributed by atoms with Crippen LogP contribution in [-0.4, -0.2) is 38.5 Å². The summed E-state index contributed by atoms with van der Waals surface area (Å²) >= 11 is 0. The highest BCUT2D eigenvalue weighted by atomic mass is 32.2. The number of ether oxygens (including phenoxy) is 1. The Morgan fingerprint density at radius 3 is 2.28 bits per heavy atom. The van der Waals surface area contributed by atoms with Gasteiger partial charge in [-0.25, -0.2) is 18.0 Å². The molecular weight excluding hydrogens is 434 g/mol. The lowest BCUT2D eigenvalue weighted by atomic mass is 10.2. The van der Waals surface area contributed by atoms with Crippen molar-refractivity contribution < 1.29 is 27.5 Å². The molecular formula is C22H27N3O6S. The minimum atomic E-state index is -3.98. The lowest BCUT2D eigenvalue weighted by Crippen LogP contribution is -2.46. The molecule has 0 spiro atoms. The quantitative estimate of drug-likeness (QED) is 0.544. The van der Waals surface area contributed by atoms with Crippen LogP contribution in [0.25, 0.3) is 0 Å². The van der Waals surface area contributed by atoms with E-state index in [0.717, 1.165) is 5.56 Å². The number of esters is 1. The number of sulfonamides is 1. The fourth-order valence-electron chi connectivity index (χ4n) is 2.74. The zero-order valence-electron chi connectivity index (χ0n) is 18.6. The van der Waals surface area contributed by atoms with E-state index in [1.807, 2.05) is 0 Å². The van der Waals surface area contributed by atoms with Crippen molar-refractivity contribution in [3.63, 3.8) is 0 Å². The van der Waals surface area contributed by atoms with E-state index in [-0.39, 0.29) is 22.2 Å². The number of urea groups is 1. The van der Waals surface area contributed by atoms with Gasteiger partial charge in [-0.2, -0.15) is 0 Å². The number of carbonyl (C=O) groups is 3. The maximum absolute atomic E-state index is 12.9. The number of para-hydroxylation sites is 1. The maximum Gasteiger partial charge on any atom is 0.341 e. The number of anilines is 1. The highest BCUT2D eigenvalue weighted by Gasteiger charge is 2.25. The van der Waals surface area contributed by atoms with Crippen molar-refractivity contribution in [2.45, 2.75) is 51.7 Å². The molecule has 0 saturated heterocycles. The third kappa shape index (κ3) is 6.55. The standard InChI is InChI=1S/C22H27N3O6S/c1-13(2)23-22(28)24-20(26)16(5)31-21(27)17-8-6-7-9-18(17)25-32(29,30)19-12-14(3)10-11-15(19)4/h6-13,16,25H,1-5H3,(H2,23,24,26,28). The topological polar surface area (TPSA) is 131 Å². The molecule has 0 heterocycles. The number of imide groups is 1. The Morgan fingerprint density at radius 1 is 0.969 bits per heavy atom. The van der Waals surface area contributed by atoms with E-state index in [0.29, 0.717) is 5.56 Å². The molecule has 1 atom stereocenters. The number of carbonyl (C=O) groups excluding carboxylic acids is 3. The highest BCUT2D eigenvalue weighted by Crippen LogP contribution is 2.24. The van der Waals surface area contributed by atoms with Crippen molar-refractivity contribution in [2.75, 3.05) is 4.72 Å². The second kappa shape index (κ2) is 10.3. The summed E-state index contributed by atoms with van der Waals surface area (Å²) in [5, 5.41) is 4.56. The Hall–Kier alpha value is -3.40. The zero-order chi connectivity index (χ0) is 24.1. The first kappa shape index (κ1) is 24.9. The average molecular weight is 462 g/mol. The van der Waals surface area contributed by atoms with Crippen LogP contribution in [-0.2, 0) is 19.6 Å². The Bertz CT molecular complexity index is 1130. The van der Waals surface area contributed by atoms with Gasteiger partial charge in [0.25, 0.3) is 15.9 Å². The molecule has 32 heavy (non-hydrogen) atoms. The zero-order valence-corrected chi connectivity index (χ0v) is 19.4. The third-order valence-corrected chi connectivity index (χ3v) is 5.84. The lowest BCUT2D eigenvalue weighted by Gasteiger charge is -2.16. The Labute approximate surface area is 187 Å². The molecule has 1 unspecified atom stereocenters. The fourth-order valence-corrected chi connectivity index (χ4v) is 4.15. The number of hydrogen-bond donors (Lipinski definition) is 3. The van der Waals surface area contributed by atoms with Crippen LogP contribution >= 0.6 is 0 Å². The second-order valence-corrected chi connectivity index (χ2v) is 9.24. The number of nitrogens with one attached hydrogen (secondary N) is 3. The van der Waals surface area contributed by atoms with Crippen LogP contribution < -0.4 is 15.4 Å². The Morgan fingerprint density at radius 2 is 1.62 bits per heavy atom. The van der Waals surface area contributed by atoms with Gasteiger partial charge in [-0.3, -0.25) is 14.8 Å². The van der Waals surface area contributed by atoms with Crippen LogP contribution in [0, 0.1) is 13.8 Å². The summed E-state index contributed by atoms with van der Waals surface area (Å²) in [6.45, 7) is 8.20. The Balaban J connectivity index is 2.19. The third-order valence-electron chi connectivity index (χ3n) is 4.33. The molecule has 0 radical (unpaired) electrons. The first-order valence-corrected chi connectivity index (χ1v) is 11.4. The number of hydrogen-bond acceptors (Lipinski definition) is 6. The van der Waals surface area contributed by atoms with E-state index in [2.05, 4.69) is 15.4 Å². The van der Waals surface area contributed by atoms with Gasteiger partial charge in [0.2, 0.25) is 0 Å². The number of aryl methyl sites for hydroxylation is 2. The largest absolute Gasteiger partial charge is 0.449 e. The van der Waals surface area contributed by atoms with E-state index >= 15 is 0 Å². The predicted molar refractivity (Wildman–Crippen MR) is 120 cm³/mol. The summed E-state index contributed by atoms with van der Waals surface area (Å²) in [5.41, 5.74) is 1.24. The summed E-state index contributed by atoms with van der Waals surface area (Å²) in [5.74, 6) is -1.74. The van der Waals surface area contributed by atoms with E-state index in [9.17, 15) is 22.8 Å². The van der Waals surface area contributed by atoms with E-state index in [1.54, 1.807) is 45.9 Å². The van der Waals surface area contributed by atoms with E-state index in [1.165, 1.54) is 31.2 Å². The Kier molecular flexibility index (Phi) is 7.98. The van der Waals surface area contributed by atoms with Gasteiger partial charge in [0, 0.05) is 6.04 Å². The lowest BCUT2D eigenvalue weighted by molar-refractivity contribution is -0.127. The van der Waals surface area contributed by atoms with Crippen molar-refractivity contribution >= 4 is 33.6 Å². The summed E-state index contributed by atoms with van der Waals surface area (Å²) in [4.78, 5) is 36.5. The molecule has 0 saturated carbocycles. The number of rotatable bonds is 7. The minimum absolute atomic E-state index is 0.00330. The molecule has 2 aromatic rings. The van der Waals surface area contributed by atoms with Crippen LogP contribution in [0.2, 0.25) is 0 Å². The van der Waals surface area contributed by atoms with Gasteiger partial charge in [0.15, 0.2) is 6.10 Å². The van der Waals surface area contributed by atoms with E-state index in [4.69, 9.17) is 4.74 Å². The molecule has 9 nitrogen and oxygen atoms in total. The maximum atomic E-state index is 12.9. The smallest absolute Gasteiger partial charge is 0.341 e. The molecule has 3 amide bonds. The summed E-state index contributed by atoms with van der Waals surface area (Å²) in [7, 11) is -3.98. The molecule has 3 N–H and O–H groups in total. The van der Waals surface area contributed by atoms with Gasteiger partial charge in [0.05, 0.1) is 16.1 Å². The van der Waals surface area contributed by atoms with Gasteiger partial charge < -0.3 is 10.1 Å². The molecule has 0 aliphatic carbocycles. The fraction of sp³-hybridized carbons (Fsp3) is 0.318. The van der Waals surface area contributed by atoms with Crippen molar-refractivity contribution in [1.82, 2.24) is 10.6 Å². The summed E-state index contributed by atoms with van der Waals surface area (Å²) in [6.07, 6.45) is -1.29. The SMILES string of the molecule is Cc1ccc(C)c(S(=O)(=O)Nc2ccccc2C(=O)OC(C)C(=O)NC(=O)NC(C)C)c1. The van der Waals surface area contributed by atoms with Crippen molar-refractivity contribution in [3.05, 3.63) is 59.2 Å². The summed E-state index contributed by atoms with van der Waals surface area (Å²) in [6, 6.07) is 10.0. The molecule has 0 bridgehead atoms. The molecule has 172 valence electrons.